The number of alkyl halides is 2. The summed E-state index contributed by atoms with van der Waals surface area (Å²) in [6, 6.07) is 2.47. The van der Waals surface area contributed by atoms with Crippen molar-refractivity contribution in [3.8, 4) is 11.5 Å². The third-order valence-corrected chi connectivity index (χ3v) is 3.45. The standard InChI is InChI=1S/C15H14F2N4O3/c1-4-5-20(3)8(2)13(22)21-10-7-12-11(23-15(16,17)24-12)6-9(10)19-14(21)18/h4-7H,2H2,1,3H3,(H2,18,19)/b5-4-. The number of nitrogen functional groups attached to an aromatic ring is 1. The van der Waals surface area contributed by atoms with Gasteiger partial charge in [-0.05, 0) is 13.1 Å². The molecule has 9 heteroatoms. The second-order valence-corrected chi connectivity index (χ2v) is 5.11. The maximum atomic E-state index is 13.2. The van der Waals surface area contributed by atoms with Gasteiger partial charge in [-0.1, -0.05) is 12.7 Å². The van der Waals surface area contributed by atoms with Crippen LogP contribution in [0, 0.1) is 0 Å². The van der Waals surface area contributed by atoms with E-state index in [1.54, 1.807) is 26.2 Å². The topological polar surface area (TPSA) is 82.6 Å². The molecule has 0 unspecified atom stereocenters. The lowest BCUT2D eigenvalue weighted by Crippen LogP contribution is -2.26. The van der Waals surface area contributed by atoms with E-state index in [1.165, 1.54) is 17.0 Å². The molecule has 0 bridgehead atoms. The molecular weight excluding hydrogens is 322 g/mol. The molecule has 1 aromatic carbocycles. The van der Waals surface area contributed by atoms with Gasteiger partial charge in [0.2, 0.25) is 5.95 Å². The van der Waals surface area contributed by atoms with E-state index in [-0.39, 0.29) is 34.2 Å². The van der Waals surface area contributed by atoms with Crippen molar-refractivity contribution in [3.05, 3.63) is 36.7 Å². The van der Waals surface area contributed by atoms with Gasteiger partial charge < -0.3 is 20.1 Å². The molecule has 24 heavy (non-hydrogen) atoms. The fraction of sp³-hybridized carbons (Fsp3) is 0.200. The summed E-state index contributed by atoms with van der Waals surface area (Å²) in [5.74, 6) is -1.01. The van der Waals surface area contributed by atoms with E-state index in [0.29, 0.717) is 0 Å². The van der Waals surface area contributed by atoms with Crippen LogP contribution in [-0.4, -0.2) is 33.7 Å². The average molecular weight is 336 g/mol. The number of imidazole rings is 1. The molecule has 2 N–H and O–H groups in total. The first-order valence-corrected chi connectivity index (χ1v) is 6.90. The molecule has 7 nitrogen and oxygen atoms in total. The van der Waals surface area contributed by atoms with Crippen molar-refractivity contribution in [2.75, 3.05) is 12.8 Å². The van der Waals surface area contributed by atoms with Crippen LogP contribution >= 0.6 is 0 Å². The summed E-state index contributed by atoms with van der Waals surface area (Å²) in [5.41, 5.74) is 6.37. The first-order chi connectivity index (χ1) is 11.2. The smallest absolute Gasteiger partial charge is 0.395 e. The highest BCUT2D eigenvalue weighted by Gasteiger charge is 2.44. The molecule has 0 saturated carbocycles. The van der Waals surface area contributed by atoms with E-state index in [0.717, 1.165) is 4.57 Å². The molecule has 2 heterocycles. The van der Waals surface area contributed by atoms with E-state index < -0.39 is 12.2 Å². The van der Waals surface area contributed by atoms with Crippen LogP contribution in [-0.2, 0) is 0 Å². The molecule has 0 radical (unpaired) electrons. The van der Waals surface area contributed by atoms with Gasteiger partial charge in [0.1, 0.15) is 0 Å². The van der Waals surface area contributed by atoms with E-state index in [9.17, 15) is 13.6 Å². The summed E-state index contributed by atoms with van der Waals surface area (Å²) in [4.78, 5) is 18.1. The summed E-state index contributed by atoms with van der Waals surface area (Å²) >= 11 is 0. The minimum absolute atomic E-state index is 0.0968. The number of ether oxygens (including phenoxy) is 2. The molecular formula is C15H14F2N4O3. The van der Waals surface area contributed by atoms with E-state index >= 15 is 0 Å². The van der Waals surface area contributed by atoms with Crippen LogP contribution in [0.5, 0.6) is 11.5 Å². The number of fused-ring (bicyclic) bond motifs is 2. The molecule has 2 aromatic rings. The minimum Gasteiger partial charge on any atom is -0.395 e. The summed E-state index contributed by atoms with van der Waals surface area (Å²) in [7, 11) is 1.64. The molecule has 0 aliphatic carbocycles. The Hall–Kier alpha value is -3.10. The number of carbonyl (C=O) groups excluding carboxylic acids is 1. The van der Waals surface area contributed by atoms with Gasteiger partial charge >= 0.3 is 6.29 Å². The number of nitrogens with two attached hydrogens (primary N) is 1. The summed E-state index contributed by atoms with van der Waals surface area (Å²) in [6.45, 7) is 5.51. The average Bonchev–Trinajstić information content (AvgIpc) is 2.96. The van der Waals surface area contributed by atoms with Crippen LogP contribution in [0.1, 0.15) is 11.7 Å². The van der Waals surface area contributed by atoms with Crippen LogP contribution < -0.4 is 15.2 Å². The quantitative estimate of drug-likeness (QED) is 0.868. The molecule has 0 spiro atoms. The van der Waals surface area contributed by atoms with Gasteiger partial charge in [0.15, 0.2) is 11.5 Å². The van der Waals surface area contributed by atoms with Gasteiger partial charge in [0, 0.05) is 19.2 Å². The third kappa shape index (κ3) is 2.43. The highest BCUT2D eigenvalue weighted by molar-refractivity contribution is 6.02. The van der Waals surface area contributed by atoms with Crippen LogP contribution in [0.15, 0.2) is 36.7 Å². The lowest BCUT2D eigenvalue weighted by Gasteiger charge is -2.16. The van der Waals surface area contributed by atoms with Gasteiger partial charge in [-0.15, -0.1) is 8.78 Å². The maximum absolute atomic E-state index is 13.2. The van der Waals surface area contributed by atoms with Gasteiger partial charge in [-0.25, -0.2) is 9.55 Å². The number of allylic oxidation sites excluding steroid dienone is 2. The van der Waals surface area contributed by atoms with Gasteiger partial charge in [-0.3, -0.25) is 4.79 Å². The molecule has 126 valence electrons. The van der Waals surface area contributed by atoms with E-state index in [1.807, 2.05) is 0 Å². The number of hydrogen-bond donors (Lipinski definition) is 1. The second kappa shape index (κ2) is 5.22. The highest BCUT2D eigenvalue weighted by Crippen LogP contribution is 2.43. The Balaban J connectivity index is 2.08. The number of carbonyl (C=O) groups is 1. The molecule has 0 amide bonds. The molecule has 1 aliphatic rings. The normalized spacial score (nSPS) is 15.2. The van der Waals surface area contributed by atoms with Crippen molar-refractivity contribution in [1.82, 2.24) is 14.5 Å². The number of anilines is 1. The van der Waals surface area contributed by atoms with Crippen LogP contribution in [0.2, 0.25) is 0 Å². The van der Waals surface area contributed by atoms with Crippen LogP contribution in [0.25, 0.3) is 11.0 Å². The molecule has 1 aromatic heterocycles. The Bertz CT molecular complexity index is 888. The molecule has 0 saturated heterocycles. The maximum Gasteiger partial charge on any atom is 0.586 e. The van der Waals surface area contributed by atoms with E-state index in [2.05, 4.69) is 21.0 Å². The van der Waals surface area contributed by atoms with Crippen molar-refractivity contribution in [1.29, 1.82) is 0 Å². The highest BCUT2D eigenvalue weighted by atomic mass is 19.3. The number of likely N-dealkylation sites (N-methyl/N-ethyl adjacent to an activating group) is 1. The second-order valence-electron chi connectivity index (χ2n) is 5.11. The van der Waals surface area contributed by atoms with Crippen molar-refractivity contribution in [2.45, 2.75) is 13.2 Å². The predicted octanol–water partition coefficient (Wildman–Crippen LogP) is 2.56. The molecule has 3 rings (SSSR count). The van der Waals surface area contributed by atoms with E-state index in [4.69, 9.17) is 5.73 Å². The molecule has 0 atom stereocenters. The summed E-state index contributed by atoms with van der Waals surface area (Å²) < 4.78 is 36.2. The number of rotatable bonds is 3. The zero-order valence-electron chi connectivity index (χ0n) is 12.9. The number of benzene rings is 1. The molecule has 1 aliphatic heterocycles. The first-order valence-electron chi connectivity index (χ1n) is 6.90. The Morgan fingerprint density at radius 1 is 1.42 bits per heavy atom. The Kier molecular flexibility index (Phi) is 3.43. The SMILES string of the molecule is C=C(C(=O)n1c(N)nc2cc3c(cc21)OC(F)(F)O3)N(C)/C=C\C. The van der Waals surface area contributed by atoms with Crippen molar-refractivity contribution < 1.29 is 23.0 Å². The lowest BCUT2D eigenvalue weighted by molar-refractivity contribution is -0.286. The summed E-state index contributed by atoms with van der Waals surface area (Å²) in [6.07, 6.45) is -0.379. The first kappa shape index (κ1) is 15.8. The Labute approximate surface area is 135 Å². The fourth-order valence-electron chi connectivity index (χ4n) is 2.35. The monoisotopic (exact) mass is 336 g/mol. The Morgan fingerprint density at radius 3 is 2.67 bits per heavy atom. The van der Waals surface area contributed by atoms with Crippen molar-refractivity contribution >= 4 is 22.9 Å². The zero-order chi connectivity index (χ0) is 17.6. The third-order valence-electron chi connectivity index (χ3n) is 3.45. The Morgan fingerprint density at radius 2 is 2.04 bits per heavy atom. The molecule has 0 fully saturated rings. The number of halogens is 2. The minimum atomic E-state index is -3.75. The van der Waals surface area contributed by atoms with Crippen molar-refractivity contribution in [3.63, 3.8) is 0 Å². The van der Waals surface area contributed by atoms with Gasteiger partial charge in [0.25, 0.3) is 5.91 Å². The number of aromatic nitrogens is 2. The predicted molar refractivity (Wildman–Crippen MR) is 82.7 cm³/mol. The number of nitrogens with zero attached hydrogens (tertiary/aromatic N) is 3. The van der Waals surface area contributed by atoms with Gasteiger partial charge in [0.05, 0.1) is 16.7 Å². The largest absolute Gasteiger partial charge is 0.586 e. The summed E-state index contributed by atoms with van der Waals surface area (Å²) in [5, 5.41) is 0. The van der Waals surface area contributed by atoms with Crippen LogP contribution in [0.3, 0.4) is 0 Å². The van der Waals surface area contributed by atoms with Gasteiger partial charge in [-0.2, -0.15) is 0 Å². The van der Waals surface area contributed by atoms with Crippen LogP contribution in [0.4, 0.5) is 14.7 Å². The van der Waals surface area contributed by atoms with Crippen molar-refractivity contribution in [2.24, 2.45) is 0 Å². The zero-order valence-corrected chi connectivity index (χ0v) is 12.9. The lowest BCUT2D eigenvalue weighted by atomic mass is 10.2. The number of hydrogen-bond acceptors (Lipinski definition) is 6. The fourth-order valence-corrected chi connectivity index (χ4v) is 2.35.